The lowest BCUT2D eigenvalue weighted by Gasteiger charge is -2.12. The van der Waals surface area contributed by atoms with Gasteiger partial charge in [0.15, 0.2) is 0 Å². The van der Waals surface area contributed by atoms with E-state index >= 15 is 0 Å². The van der Waals surface area contributed by atoms with Crippen molar-refractivity contribution in [3.05, 3.63) is 83.0 Å². The maximum absolute atomic E-state index is 12.6. The third kappa shape index (κ3) is 3.76. The van der Waals surface area contributed by atoms with Gasteiger partial charge in [-0.15, -0.1) is 0 Å². The Labute approximate surface area is 142 Å². The van der Waals surface area contributed by atoms with Gasteiger partial charge in [0.1, 0.15) is 5.82 Å². The highest BCUT2D eigenvalue weighted by molar-refractivity contribution is 9.10. The quantitative estimate of drug-likeness (QED) is 0.693. The average Bonchev–Trinajstić information content (AvgIpc) is 2.58. The molecule has 3 rings (SSSR count). The second kappa shape index (κ2) is 7.07. The highest BCUT2D eigenvalue weighted by atomic mass is 79.9. The van der Waals surface area contributed by atoms with Gasteiger partial charge in [0.25, 0.3) is 5.91 Å². The van der Waals surface area contributed by atoms with Crippen LogP contribution in [0.4, 0.5) is 17.2 Å². The van der Waals surface area contributed by atoms with Crippen LogP contribution in [0, 0.1) is 0 Å². The smallest absolute Gasteiger partial charge is 0.259 e. The van der Waals surface area contributed by atoms with Crippen molar-refractivity contribution in [1.82, 2.24) is 4.98 Å². The Morgan fingerprint density at radius 2 is 1.65 bits per heavy atom. The summed E-state index contributed by atoms with van der Waals surface area (Å²) in [6.45, 7) is 0. The van der Waals surface area contributed by atoms with Crippen LogP contribution in [0.15, 0.2) is 77.4 Å². The number of nitrogens with one attached hydrogen (secondary N) is 2. The number of amides is 1. The van der Waals surface area contributed by atoms with Gasteiger partial charge >= 0.3 is 0 Å². The molecule has 1 amide bonds. The molecule has 0 saturated heterocycles. The summed E-state index contributed by atoms with van der Waals surface area (Å²) in [7, 11) is 0. The lowest BCUT2D eigenvalue weighted by molar-refractivity contribution is 0.102. The first-order valence-electron chi connectivity index (χ1n) is 7.07. The number of hydrogen-bond donors (Lipinski definition) is 2. The molecule has 0 atom stereocenters. The first-order chi connectivity index (χ1) is 11.2. The number of benzene rings is 2. The Morgan fingerprint density at radius 3 is 2.43 bits per heavy atom. The van der Waals surface area contributed by atoms with Crippen LogP contribution in [-0.4, -0.2) is 10.9 Å². The van der Waals surface area contributed by atoms with Gasteiger partial charge in [-0.25, -0.2) is 4.98 Å². The van der Waals surface area contributed by atoms with Gasteiger partial charge in [0, 0.05) is 16.4 Å². The molecule has 114 valence electrons. The highest BCUT2D eigenvalue weighted by Gasteiger charge is 2.13. The molecule has 0 bridgehead atoms. The number of carbonyl (C=O) groups is 1. The van der Waals surface area contributed by atoms with E-state index in [4.69, 9.17) is 0 Å². The van der Waals surface area contributed by atoms with Crippen LogP contribution in [0.25, 0.3) is 0 Å². The Morgan fingerprint density at radius 1 is 0.913 bits per heavy atom. The zero-order valence-corrected chi connectivity index (χ0v) is 13.7. The summed E-state index contributed by atoms with van der Waals surface area (Å²) in [5.41, 5.74) is 2.07. The van der Waals surface area contributed by atoms with E-state index in [0.717, 1.165) is 10.2 Å². The molecular formula is C18H14BrN3O. The highest BCUT2D eigenvalue weighted by Crippen LogP contribution is 2.24. The van der Waals surface area contributed by atoms with E-state index in [9.17, 15) is 4.79 Å². The fourth-order valence-corrected chi connectivity index (χ4v) is 2.48. The van der Waals surface area contributed by atoms with E-state index in [0.29, 0.717) is 17.1 Å². The summed E-state index contributed by atoms with van der Waals surface area (Å²) in [4.78, 5) is 16.8. The van der Waals surface area contributed by atoms with Gasteiger partial charge in [-0.05, 0) is 52.3 Å². The van der Waals surface area contributed by atoms with E-state index in [1.807, 2.05) is 54.6 Å². The van der Waals surface area contributed by atoms with E-state index in [-0.39, 0.29) is 5.91 Å². The van der Waals surface area contributed by atoms with Gasteiger partial charge in [-0.1, -0.05) is 30.3 Å². The number of para-hydroxylation sites is 2. The zero-order valence-electron chi connectivity index (χ0n) is 12.2. The average molecular weight is 368 g/mol. The van der Waals surface area contributed by atoms with Gasteiger partial charge in [-0.3, -0.25) is 4.79 Å². The SMILES string of the molecule is O=C(Nc1ccccc1Br)c1cccnc1Nc1ccccc1. The molecule has 2 N–H and O–H groups in total. The summed E-state index contributed by atoms with van der Waals surface area (Å²) in [6.07, 6.45) is 1.65. The van der Waals surface area contributed by atoms with E-state index in [1.165, 1.54) is 0 Å². The van der Waals surface area contributed by atoms with Crippen molar-refractivity contribution in [3.8, 4) is 0 Å². The van der Waals surface area contributed by atoms with E-state index < -0.39 is 0 Å². The molecule has 0 aliphatic rings. The van der Waals surface area contributed by atoms with Crippen LogP contribution in [0.5, 0.6) is 0 Å². The third-order valence-electron chi connectivity index (χ3n) is 3.21. The Bertz CT molecular complexity index is 821. The minimum absolute atomic E-state index is 0.219. The maximum atomic E-state index is 12.6. The second-order valence-electron chi connectivity index (χ2n) is 4.82. The lowest BCUT2D eigenvalue weighted by atomic mass is 10.2. The van der Waals surface area contributed by atoms with Crippen LogP contribution in [0.2, 0.25) is 0 Å². The van der Waals surface area contributed by atoms with Crippen molar-refractivity contribution in [2.24, 2.45) is 0 Å². The number of aromatic nitrogens is 1. The molecule has 3 aromatic rings. The van der Waals surface area contributed by atoms with Crippen LogP contribution in [0.1, 0.15) is 10.4 Å². The molecular weight excluding hydrogens is 354 g/mol. The monoisotopic (exact) mass is 367 g/mol. The Hall–Kier alpha value is -2.66. The van der Waals surface area contributed by atoms with Crippen LogP contribution in [-0.2, 0) is 0 Å². The summed E-state index contributed by atoms with van der Waals surface area (Å²) < 4.78 is 0.829. The minimum atomic E-state index is -0.219. The summed E-state index contributed by atoms with van der Waals surface area (Å²) in [5, 5.41) is 6.06. The molecule has 5 heteroatoms. The topological polar surface area (TPSA) is 54.0 Å². The predicted octanol–water partition coefficient (Wildman–Crippen LogP) is 4.84. The molecule has 1 heterocycles. The number of rotatable bonds is 4. The summed E-state index contributed by atoms with van der Waals surface area (Å²) in [6, 6.07) is 20.6. The molecule has 2 aromatic carbocycles. The number of pyridine rings is 1. The van der Waals surface area contributed by atoms with E-state index in [1.54, 1.807) is 18.3 Å². The number of halogens is 1. The first kappa shape index (κ1) is 15.2. The number of carbonyl (C=O) groups excluding carboxylic acids is 1. The Kier molecular flexibility index (Phi) is 4.68. The molecule has 23 heavy (non-hydrogen) atoms. The maximum Gasteiger partial charge on any atom is 0.259 e. The summed E-state index contributed by atoms with van der Waals surface area (Å²) in [5.74, 6) is 0.298. The fraction of sp³-hybridized carbons (Fsp3) is 0. The minimum Gasteiger partial charge on any atom is -0.340 e. The van der Waals surface area contributed by atoms with Crippen LogP contribution < -0.4 is 10.6 Å². The van der Waals surface area contributed by atoms with Gasteiger partial charge in [-0.2, -0.15) is 0 Å². The van der Waals surface area contributed by atoms with Crippen molar-refractivity contribution in [2.45, 2.75) is 0 Å². The predicted molar refractivity (Wildman–Crippen MR) is 96.1 cm³/mol. The van der Waals surface area contributed by atoms with Crippen molar-refractivity contribution < 1.29 is 4.79 Å². The largest absolute Gasteiger partial charge is 0.340 e. The normalized spacial score (nSPS) is 10.1. The number of anilines is 3. The molecule has 4 nitrogen and oxygen atoms in total. The van der Waals surface area contributed by atoms with E-state index in [2.05, 4.69) is 31.5 Å². The lowest BCUT2D eigenvalue weighted by Crippen LogP contribution is -2.15. The molecule has 0 radical (unpaired) electrons. The van der Waals surface area contributed by atoms with Crippen molar-refractivity contribution in [3.63, 3.8) is 0 Å². The third-order valence-corrected chi connectivity index (χ3v) is 3.90. The molecule has 0 aliphatic carbocycles. The molecule has 0 spiro atoms. The standard InChI is InChI=1S/C18H14BrN3O/c19-15-10-4-5-11-16(15)22-18(23)14-9-6-12-20-17(14)21-13-7-2-1-3-8-13/h1-12H,(H,20,21)(H,22,23). The van der Waals surface area contributed by atoms with Gasteiger partial charge < -0.3 is 10.6 Å². The molecule has 0 aliphatic heterocycles. The fourth-order valence-electron chi connectivity index (χ4n) is 2.10. The molecule has 0 unspecified atom stereocenters. The number of nitrogens with zero attached hydrogens (tertiary/aromatic N) is 1. The Balaban J connectivity index is 1.85. The van der Waals surface area contributed by atoms with Crippen LogP contribution in [0.3, 0.4) is 0 Å². The van der Waals surface area contributed by atoms with Gasteiger partial charge in [0.05, 0.1) is 11.3 Å². The second-order valence-corrected chi connectivity index (χ2v) is 5.68. The van der Waals surface area contributed by atoms with Crippen molar-refractivity contribution >= 4 is 39.0 Å². The zero-order chi connectivity index (χ0) is 16.1. The molecule has 0 fully saturated rings. The molecule has 0 saturated carbocycles. The van der Waals surface area contributed by atoms with Crippen molar-refractivity contribution in [1.29, 1.82) is 0 Å². The van der Waals surface area contributed by atoms with Gasteiger partial charge in [0.2, 0.25) is 0 Å². The summed E-state index contributed by atoms with van der Waals surface area (Å²) >= 11 is 3.42. The molecule has 1 aromatic heterocycles. The van der Waals surface area contributed by atoms with Crippen LogP contribution >= 0.6 is 15.9 Å². The first-order valence-corrected chi connectivity index (χ1v) is 7.86. The number of hydrogen-bond acceptors (Lipinski definition) is 3. The van der Waals surface area contributed by atoms with Crippen molar-refractivity contribution in [2.75, 3.05) is 10.6 Å².